The summed E-state index contributed by atoms with van der Waals surface area (Å²) >= 11 is 14.1. The van der Waals surface area contributed by atoms with E-state index in [4.69, 9.17) is 27.9 Å². The number of carbonyl (C=O) groups excluding carboxylic acids is 1. The Morgan fingerprint density at radius 3 is 2.88 bits per heavy atom. The molecule has 1 aromatic carbocycles. The van der Waals surface area contributed by atoms with Crippen LogP contribution in [-0.4, -0.2) is 47.6 Å². The van der Waals surface area contributed by atoms with Gasteiger partial charge in [-0.3, -0.25) is 4.79 Å². The zero-order valence-electron chi connectivity index (χ0n) is 13.7. The van der Waals surface area contributed by atoms with Gasteiger partial charge in [0, 0.05) is 41.4 Å². The molecule has 0 bridgehead atoms. The summed E-state index contributed by atoms with van der Waals surface area (Å²) < 4.78 is 5.75. The van der Waals surface area contributed by atoms with Crippen LogP contribution in [0.2, 0.25) is 10.0 Å². The predicted molar refractivity (Wildman–Crippen MR) is 101 cm³/mol. The summed E-state index contributed by atoms with van der Waals surface area (Å²) in [4.78, 5) is 14.9. The summed E-state index contributed by atoms with van der Waals surface area (Å²) in [6.07, 6.45) is 4.59. The lowest BCUT2D eigenvalue weighted by Crippen LogP contribution is -2.44. The highest BCUT2D eigenvalue weighted by Gasteiger charge is 2.30. The van der Waals surface area contributed by atoms with Crippen molar-refractivity contribution in [3.63, 3.8) is 0 Å². The Labute approximate surface area is 158 Å². The number of nitrogens with zero attached hydrogens (tertiary/aromatic N) is 1. The number of aryl methyl sites for hydroxylation is 1. The van der Waals surface area contributed by atoms with Gasteiger partial charge in [0.25, 0.3) is 0 Å². The normalized spacial score (nSPS) is 23.6. The largest absolute Gasteiger partial charge is 0.376 e. The van der Waals surface area contributed by atoms with Crippen LogP contribution in [0.4, 0.5) is 0 Å². The third-order valence-corrected chi connectivity index (χ3v) is 6.45. The number of hydrogen-bond donors (Lipinski definition) is 0. The quantitative estimate of drug-likeness (QED) is 0.722. The monoisotopic (exact) mass is 387 g/mol. The topological polar surface area (TPSA) is 29.5 Å². The van der Waals surface area contributed by atoms with Crippen molar-refractivity contribution in [3.05, 3.63) is 33.8 Å². The molecule has 0 saturated carbocycles. The minimum atomic E-state index is 0.207. The second kappa shape index (κ2) is 8.79. The Morgan fingerprint density at radius 1 is 1.33 bits per heavy atom. The Hall–Kier alpha value is -0.420. The molecular formula is C18H23Cl2NO2S. The van der Waals surface area contributed by atoms with Crippen LogP contribution in [0.15, 0.2) is 18.2 Å². The number of hydrogen-bond acceptors (Lipinski definition) is 3. The van der Waals surface area contributed by atoms with Crippen LogP contribution in [0, 0.1) is 0 Å². The maximum atomic E-state index is 12.9. The number of rotatable bonds is 6. The van der Waals surface area contributed by atoms with E-state index in [1.807, 2.05) is 23.9 Å². The zero-order chi connectivity index (χ0) is 16.9. The van der Waals surface area contributed by atoms with Crippen LogP contribution in [0.25, 0.3) is 0 Å². The van der Waals surface area contributed by atoms with Crippen LogP contribution in [-0.2, 0) is 16.0 Å². The molecule has 132 valence electrons. The van der Waals surface area contributed by atoms with Crippen molar-refractivity contribution in [2.75, 3.05) is 24.7 Å². The van der Waals surface area contributed by atoms with Crippen LogP contribution in [0.3, 0.4) is 0 Å². The van der Waals surface area contributed by atoms with Gasteiger partial charge in [-0.15, -0.1) is 0 Å². The molecule has 0 radical (unpaired) electrons. The number of ether oxygens (including phenoxy) is 1. The summed E-state index contributed by atoms with van der Waals surface area (Å²) in [5.41, 5.74) is 0.979. The van der Waals surface area contributed by atoms with Crippen molar-refractivity contribution in [2.45, 2.75) is 44.2 Å². The van der Waals surface area contributed by atoms with Gasteiger partial charge in [0.1, 0.15) is 0 Å². The van der Waals surface area contributed by atoms with E-state index < -0.39 is 0 Å². The van der Waals surface area contributed by atoms with Gasteiger partial charge in [0.2, 0.25) is 5.91 Å². The summed E-state index contributed by atoms with van der Waals surface area (Å²) in [5, 5.41) is 1.26. The molecule has 0 spiro atoms. The number of halogens is 2. The minimum absolute atomic E-state index is 0.207. The second-order valence-corrected chi connectivity index (χ2v) is 8.43. The molecule has 1 aromatic rings. The van der Waals surface area contributed by atoms with Crippen molar-refractivity contribution in [2.24, 2.45) is 0 Å². The number of carbonyl (C=O) groups is 1. The first kappa shape index (κ1) is 18.4. The molecule has 0 N–H and O–H groups in total. The number of benzene rings is 1. The van der Waals surface area contributed by atoms with Gasteiger partial charge in [0.05, 0.1) is 6.10 Å². The van der Waals surface area contributed by atoms with E-state index in [-0.39, 0.29) is 12.0 Å². The van der Waals surface area contributed by atoms with Gasteiger partial charge in [-0.25, -0.2) is 0 Å². The SMILES string of the molecule is O=C(CCc1ccc(Cl)cc1Cl)N(CC1CCCO1)C1CCSC1. The average molecular weight is 388 g/mol. The van der Waals surface area contributed by atoms with E-state index in [1.54, 1.807) is 6.07 Å². The smallest absolute Gasteiger partial charge is 0.223 e. The molecule has 2 aliphatic rings. The second-order valence-electron chi connectivity index (χ2n) is 6.43. The van der Waals surface area contributed by atoms with Crippen LogP contribution in [0.5, 0.6) is 0 Å². The maximum Gasteiger partial charge on any atom is 0.223 e. The van der Waals surface area contributed by atoms with Crippen molar-refractivity contribution in [3.8, 4) is 0 Å². The van der Waals surface area contributed by atoms with E-state index in [9.17, 15) is 4.79 Å². The highest BCUT2D eigenvalue weighted by Crippen LogP contribution is 2.26. The molecular weight excluding hydrogens is 365 g/mol. The van der Waals surface area contributed by atoms with Gasteiger partial charge in [-0.1, -0.05) is 29.3 Å². The predicted octanol–water partition coefficient (Wildman–Crippen LogP) is 4.44. The van der Waals surface area contributed by atoms with E-state index in [0.717, 1.165) is 49.5 Å². The Kier molecular flexibility index (Phi) is 6.73. The number of thioether (sulfide) groups is 1. The molecule has 3 nitrogen and oxygen atoms in total. The molecule has 2 heterocycles. The molecule has 2 atom stereocenters. The first-order chi connectivity index (χ1) is 11.6. The van der Waals surface area contributed by atoms with E-state index in [1.165, 1.54) is 0 Å². The molecule has 24 heavy (non-hydrogen) atoms. The van der Waals surface area contributed by atoms with Gasteiger partial charge in [-0.05, 0) is 49.1 Å². The zero-order valence-corrected chi connectivity index (χ0v) is 16.0. The molecule has 0 aliphatic carbocycles. The highest BCUT2D eigenvalue weighted by molar-refractivity contribution is 7.99. The Bertz CT molecular complexity index is 572. The summed E-state index contributed by atoms with van der Waals surface area (Å²) in [6.45, 7) is 1.56. The summed E-state index contributed by atoms with van der Waals surface area (Å²) in [6, 6.07) is 5.83. The Morgan fingerprint density at radius 2 is 2.21 bits per heavy atom. The fraction of sp³-hybridized carbons (Fsp3) is 0.611. The van der Waals surface area contributed by atoms with Crippen molar-refractivity contribution in [1.82, 2.24) is 4.90 Å². The molecule has 3 rings (SSSR count). The van der Waals surface area contributed by atoms with Crippen LogP contribution in [0.1, 0.15) is 31.2 Å². The molecule has 2 unspecified atom stereocenters. The standard InChI is InChI=1S/C18H23Cl2NO2S/c19-14-5-3-13(17(20)10-14)4-6-18(22)21(15-7-9-24-12-15)11-16-2-1-8-23-16/h3,5,10,15-16H,1-2,4,6-9,11-12H2. The van der Waals surface area contributed by atoms with Crippen LogP contribution >= 0.6 is 35.0 Å². The van der Waals surface area contributed by atoms with Gasteiger partial charge in [0.15, 0.2) is 0 Å². The lowest BCUT2D eigenvalue weighted by molar-refractivity contribution is -0.134. The van der Waals surface area contributed by atoms with E-state index >= 15 is 0 Å². The highest BCUT2D eigenvalue weighted by atomic mass is 35.5. The lowest BCUT2D eigenvalue weighted by atomic mass is 10.1. The van der Waals surface area contributed by atoms with Crippen molar-refractivity contribution in [1.29, 1.82) is 0 Å². The maximum absolute atomic E-state index is 12.9. The third-order valence-electron chi connectivity index (χ3n) is 4.71. The fourth-order valence-electron chi connectivity index (χ4n) is 3.34. The lowest BCUT2D eigenvalue weighted by Gasteiger charge is -2.31. The molecule has 2 aliphatic heterocycles. The molecule has 6 heteroatoms. The van der Waals surface area contributed by atoms with E-state index in [0.29, 0.717) is 28.9 Å². The first-order valence-corrected chi connectivity index (χ1v) is 10.5. The van der Waals surface area contributed by atoms with Crippen LogP contribution < -0.4 is 0 Å². The molecule has 1 amide bonds. The van der Waals surface area contributed by atoms with Crippen molar-refractivity contribution >= 4 is 40.9 Å². The van der Waals surface area contributed by atoms with Gasteiger partial charge < -0.3 is 9.64 Å². The van der Waals surface area contributed by atoms with Gasteiger partial charge in [-0.2, -0.15) is 11.8 Å². The Balaban J connectivity index is 1.61. The van der Waals surface area contributed by atoms with Gasteiger partial charge >= 0.3 is 0 Å². The molecule has 0 aromatic heterocycles. The average Bonchev–Trinajstić information content (AvgIpc) is 3.25. The first-order valence-electron chi connectivity index (χ1n) is 8.56. The summed E-state index contributed by atoms with van der Waals surface area (Å²) in [7, 11) is 0. The van der Waals surface area contributed by atoms with E-state index in [2.05, 4.69) is 4.90 Å². The summed E-state index contributed by atoms with van der Waals surface area (Å²) in [5.74, 6) is 2.40. The van der Waals surface area contributed by atoms with Crippen molar-refractivity contribution < 1.29 is 9.53 Å². The minimum Gasteiger partial charge on any atom is -0.376 e. The molecule has 2 saturated heterocycles. The third kappa shape index (κ3) is 4.81. The molecule has 2 fully saturated rings. The fourth-order valence-corrected chi connectivity index (χ4v) is 5.07. The number of amides is 1.